The van der Waals surface area contributed by atoms with Crippen LogP contribution < -0.4 is 5.32 Å². The maximum absolute atomic E-state index is 12.8. The van der Waals surface area contributed by atoms with Gasteiger partial charge in [-0.1, -0.05) is 30.3 Å². The van der Waals surface area contributed by atoms with Crippen LogP contribution in [0.5, 0.6) is 0 Å². The zero-order chi connectivity index (χ0) is 18.9. The Kier molecular flexibility index (Phi) is 5.04. The number of nitrogens with one attached hydrogen (secondary N) is 1. The van der Waals surface area contributed by atoms with E-state index < -0.39 is 9.84 Å². The van der Waals surface area contributed by atoms with E-state index in [4.69, 9.17) is 0 Å². The first-order chi connectivity index (χ1) is 13.0. The third kappa shape index (κ3) is 3.93. The molecule has 1 atom stereocenters. The number of hydrogen-bond donors (Lipinski definition) is 1. The van der Waals surface area contributed by atoms with Gasteiger partial charge < -0.3 is 5.32 Å². The monoisotopic (exact) mass is 387 g/mol. The highest BCUT2D eigenvalue weighted by Crippen LogP contribution is 2.31. The summed E-state index contributed by atoms with van der Waals surface area (Å²) in [6.07, 6.45) is 5.19. The van der Waals surface area contributed by atoms with Crippen LogP contribution in [0.4, 0.5) is 0 Å². The summed E-state index contributed by atoms with van der Waals surface area (Å²) in [5.74, 6) is 0.199. The lowest BCUT2D eigenvalue weighted by Gasteiger charge is -2.17. The van der Waals surface area contributed by atoms with Gasteiger partial charge in [-0.05, 0) is 44.1 Å². The molecule has 27 heavy (non-hydrogen) atoms. The highest BCUT2D eigenvalue weighted by molar-refractivity contribution is 7.91. The van der Waals surface area contributed by atoms with Crippen molar-refractivity contribution in [1.82, 2.24) is 15.1 Å². The van der Waals surface area contributed by atoms with Crippen LogP contribution in [-0.2, 0) is 29.1 Å². The minimum absolute atomic E-state index is 0.132. The number of fused-ring (bicyclic) bond motifs is 1. The van der Waals surface area contributed by atoms with Crippen molar-refractivity contribution in [1.29, 1.82) is 0 Å². The molecule has 6 nitrogen and oxygen atoms in total. The summed E-state index contributed by atoms with van der Waals surface area (Å²) >= 11 is 0. The average Bonchev–Trinajstić information content (AvgIpc) is 3.22. The molecule has 0 saturated carbocycles. The lowest BCUT2D eigenvalue weighted by Crippen LogP contribution is -2.27. The smallest absolute Gasteiger partial charge is 0.272 e. The Morgan fingerprint density at radius 2 is 1.96 bits per heavy atom. The number of aromatic nitrogens is 2. The van der Waals surface area contributed by atoms with Gasteiger partial charge in [-0.3, -0.25) is 9.48 Å². The summed E-state index contributed by atoms with van der Waals surface area (Å²) in [6.45, 7) is 0.558. The second kappa shape index (κ2) is 7.46. The number of carbonyl (C=O) groups is 1. The van der Waals surface area contributed by atoms with Crippen LogP contribution in [0.15, 0.2) is 30.3 Å². The number of carbonyl (C=O) groups excluding carboxylic acids is 1. The van der Waals surface area contributed by atoms with Gasteiger partial charge in [-0.25, -0.2) is 8.42 Å². The van der Waals surface area contributed by atoms with Crippen LogP contribution >= 0.6 is 0 Å². The molecule has 2 aromatic rings. The Bertz CT molecular complexity index is 935. The first kappa shape index (κ1) is 18.2. The molecule has 0 bridgehead atoms. The van der Waals surface area contributed by atoms with E-state index in [1.54, 1.807) is 0 Å². The van der Waals surface area contributed by atoms with E-state index >= 15 is 0 Å². The van der Waals surface area contributed by atoms with Gasteiger partial charge in [0.2, 0.25) is 0 Å². The second-order valence-corrected chi connectivity index (χ2v) is 9.70. The van der Waals surface area contributed by atoms with Crippen LogP contribution in [0.3, 0.4) is 0 Å². The van der Waals surface area contributed by atoms with Crippen molar-refractivity contribution in [3.8, 4) is 0 Å². The summed E-state index contributed by atoms with van der Waals surface area (Å²) in [7, 11) is -2.99. The Morgan fingerprint density at radius 3 is 2.70 bits per heavy atom. The topological polar surface area (TPSA) is 81.1 Å². The Hall–Kier alpha value is -2.15. The Balaban J connectivity index is 1.51. The van der Waals surface area contributed by atoms with Crippen LogP contribution in [0.25, 0.3) is 0 Å². The molecule has 1 aromatic carbocycles. The number of benzene rings is 1. The molecule has 7 heteroatoms. The van der Waals surface area contributed by atoms with E-state index in [0.29, 0.717) is 18.7 Å². The van der Waals surface area contributed by atoms with Crippen molar-refractivity contribution in [2.24, 2.45) is 0 Å². The highest BCUT2D eigenvalue weighted by Gasteiger charge is 2.34. The van der Waals surface area contributed by atoms with Gasteiger partial charge in [0, 0.05) is 17.8 Å². The maximum atomic E-state index is 12.8. The molecule has 1 aliphatic carbocycles. The van der Waals surface area contributed by atoms with Gasteiger partial charge in [0.1, 0.15) is 0 Å². The van der Waals surface area contributed by atoms with Gasteiger partial charge in [0.25, 0.3) is 5.91 Å². The largest absolute Gasteiger partial charge is 0.350 e. The second-order valence-electron chi connectivity index (χ2n) is 7.47. The first-order valence-corrected chi connectivity index (χ1v) is 11.5. The predicted molar refractivity (Wildman–Crippen MR) is 104 cm³/mol. The molecule has 1 fully saturated rings. The van der Waals surface area contributed by atoms with Crippen LogP contribution in [0.1, 0.15) is 52.6 Å². The Labute approximate surface area is 159 Å². The minimum Gasteiger partial charge on any atom is -0.350 e. The predicted octanol–water partition coefficient (Wildman–Crippen LogP) is 2.09. The summed E-state index contributed by atoms with van der Waals surface area (Å²) < 4.78 is 25.6. The molecular weight excluding hydrogens is 362 g/mol. The zero-order valence-corrected chi connectivity index (χ0v) is 16.2. The molecule has 1 aliphatic heterocycles. The van der Waals surface area contributed by atoms with Crippen LogP contribution in [-0.4, -0.2) is 42.2 Å². The summed E-state index contributed by atoms with van der Waals surface area (Å²) in [4.78, 5) is 12.8. The average molecular weight is 388 g/mol. The Morgan fingerprint density at radius 1 is 1.19 bits per heavy atom. The molecule has 0 radical (unpaired) electrons. The van der Waals surface area contributed by atoms with Crippen molar-refractivity contribution in [3.63, 3.8) is 0 Å². The van der Waals surface area contributed by atoms with Crippen LogP contribution in [0, 0.1) is 0 Å². The molecule has 2 aliphatic rings. The fourth-order valence-electron chi connectivity index (χ4n) is 4.13. The molecule has 0 unspecified atom stereocenters. The fourth-order valence-corrected chi connectivity index (χ4v) is 5.82. The lowest BCUT2D eigenvalue weighted by molar-refractivity contribution is 0.0947. The lowest BCUT2D eigenvalue weighted by atomic mass is 9.95. The van der Waals surface area contributed by atoms with Crippen molar-refractivity contribution in [3.05, 3.63) is 52.8 Å². The molecule has 1 aromatic heterocycles. The van der Waals surface area contributed by atoms with E-state index in [2.05, 4.69) is 10.4 Å². The highest BCUT2D eigenvalue weighted by atomic mass is 32.2. The summed E-state index contributed by atoms with van der Waals surface area (Å²) in [5.41, 5.74) is 3.75. The fraction of sp³-hybridized carbons (Fsp3) is 0.500. The third-order valence-corrected chi connectivity index (χ3v) is 7.27. The molecule has 2 heterocycles. The molecule has 1 saturated heterocycles. The molecule has 0 spiro atoms. The maximum Gasteiger partial charge on any atom is 0.272 e. The van der Waals surface area contributed by atoms with Gasteiger partial charge in [0.15, 0.2) is 15.5 Å². The standard InChI is InChI=1S/C20H25N3O3S/c24-20(21-12-10-15-6-2-1-3-7-15)19-17-8-4-5-9-18(17)23(22-19)16-11-13-27(25,26)14-16/h1-3,6-7,16H,4-5,8-14H2,(H,21,24)/t16-/m1/s1. The first-order valence-electron chi connectivity index (χ1n) is 9.66. The van der Waals surface area contributed by atoms with Crippen LogP contribution in [0.2, 0.25) is 0 Å². The van der Waals surface area contributed by atoms with Gasteiger partial charge in [-0.2, -0.15) is 5.10 Å². The molecule has 1 amide bonds. The molecule has 1 N–H and O–H groups in total. The van der Waals surface area contributed by atoms with Crippen molar-refractivity contribution < 1.29 is 13.2 Å². The number of hydrogen-bond acceptors (Lipinski definition) is 4. The van der Waals surface area contributed by atoms with Gasteiger partial charge in [0.05, 0.1) is 17.5 Å². The minimum atomic E-state index is -2.99. The molecule has 144 valence electrons. The van der Waals surface area contributed by atoms with Crippen molar-refractivity contribution in [2.75, 3.05) is 18.1 Å². The number of amides is 1. The normalized spacial score (nSPS) is 21.0. The number of sulfone groups is 1. The molecular formula is C20H25N3O3S. The van der Waals surface area contributed by atoms with E-state index in [0.717, 1.165) is 43.4 Å². The van der Waals surface area contributed by atoms with E-state index in [9.17, 15) is 13.2 Å². The van der Waals surface area contributed by atoms with Crippen molar-refractivity contribution >= 4 is 15.7 Å². The quantitative estimate of drug-likeness (QED) is 0.852. The SMILES string of the molecule is O=C(NCCc1ccccc1)c1nn([C@@H]2CCS(=O)(=O)C2)c2c1CCCC2. The number of rotatable bonds is 5. The van der Waals surface area contributed by atoms with E-state index in [1.807, 2.05) is 35.0 Å². The summed E-state index contributed by atoms with van der Waals surface area (Å²) in [5, 5.41) is 7.59. The third-order valence-electron chi connectivity index (χ3n) is 5.52. The molecule has 4 rings (SSSR count). The number of nitrogens with zero attached hydrogens (tertiary/aromatic N) is 2. The zero-order valence-electron chi connectivity index (χ0n) is 15.4. The van der Waals surface area contributed by atoms with Gasteiger partial charge in [-0.15, -0.1) is 0 Å². The van der Waals surface area contributed by atoms with E-state index in [-0.39, 0.29) is 23.5 Å². The van der Waals surface area contributed by atoms with Crippen molar-refractivity contribution in [2.45, 2.75) is 44.6 Å². The van der Waals surface area contributed by atoms with E-state index in [1.165, 1.54) is 5.56 Å². The van der Waals surface area contributed by atoms with Gasteiger partial charge >= 0.3 is 0 Å². The summed E-state index contributed by atoms with van der Waals surface area (Å²) in [6, 6.07) is 9.92.